The smallest absolute Gasteiger partial charge is 0.254 e. The highest BCUT2D eigenvalue weighted by molar-refractivity contribution is 6.04. The molecule has 4 aromatic rings. The zero-order chi connectivity index (χ0) is 22.1. The van der Waals surface area contributed by atoms with E-state index in [9.17, 15) is 9.59 Å². The van der Waals surface area contributed by atoms with Crippen LogP contribution in [-0.4, -0.2) is 51.3 Å². The molecule has 8 nitrogen and oxygen atoms in total. The average Bonchev–Trinajstić information content (AvgIpc) is 3.28. The Bertz CT molecular complexity index is 1280. The molecule has 4 N–H and O–H groups in total. The Kier molecular flexibility index (Phi) is 5.12. The van der Waals surface area contributed by atoms with Crippen LogP contribution in [-0.2, 0) is 0 Å². The molecule has 1 aliphatic heterocycles. The highest BCUT2D eigenvalue weighted by Crippen LogP contribution is 2.26. The number of aromatic nitrogens is 3. The van der Waals surface area contributed by atoms with E-state index in [0.29, 0.717) is 35.6 Å². The summed E-state index contributed by atoms with van der Waals surface area (Å²) in [4.78, 5) is 38.7. The maximum atomic E-state index is 13.3. The van der Waals surface area contributed by atoms with Crippen LogP contribution in [0.25, 0.3) is 22.4 Å². The molecule has 5 rings (SSSR count). The Balaban J connectivity index is 1.42. The summed E-state index contributed by atoms with van der Waals surface area (Å²) in [6.07, 6.45) is 3.50. The van der Waals surface area contributed by atoms with Gasteiger partial charge in [0, 0.05) is 43.2 Å². The largest absolute Gasteiger partial charge is 0.366 e. The molecular formula is C24H22N6O2. The van der Waals surface area contributed by atoms with Crippen LogP contribution in [0.2, 0.25) is 0 Å². The number of piperazine rings is 1. The van der Waals surface area contributed by atoms with E-state index in [2.05, 4.69) is 20.3 Å². The Hall–Kier alpha value is -4.04. The number of amides is 2. The third-order valence-electron chi connectivity index (χ3n) is 5.78. The Morgan fingerprint density at radius 2 is 1.81 bits per heavy atom. The monoisotopic (exact) mass is 426 g/mol. The van der Waals surface area contributed by atoms with Gasteiger partial charge < -0.3 is 20.9 Å². The van der Waals surface area contributed by atoms with Crippen LogP contribution in [0.15, 0.2) is 67.0 Å². The van der Waals surface area contributed by atoms with Crippen molar-refractivity contribution in [1.82, 2.24) is 25.2 Å². The van der Waals surface area contributed by atoms with Crippen molar-refractivity contribution < 1.29 is 9.59 Å². The Labute approximate surface area is 184 Å². The predicted octanol–water partition coefficient (Wildman–Crippen LogP) is 2.51. The minimum absolute atomic E-state index is 0.0134. The summed E-state index contributed by atoms with van der Waals surface area (Å²) in [6.45, 7) is 2.09. The van der Waals surface area contributed by atoms with Gasteiger partial charge in [0.1, 0.15) is 11.3 Å². The fourth-order valence-electron chi connectivity index (χ4n) is 4.13. The number of primary amides is 1. The van der Waals surface area contributed by atoms with E-state index < -0.39 is 5.91 Å². The Morgan fingerprint density at radius 3 is 2.56 bits per heavy atom. The first-order valence-corrected chi connectivity index (χ1v) is 10.4. The van der Waals surface area contributed by atoms with Gasteiger partial charge in [-0.15, -0.1) is 0 Å². The molecule has 1 fully saturated rings. The molecular weight excluding hydrogens is 404 g/mol. The zero-order valence-electron chi connectivity index (χ0n) is 17.3. The third kappa shape index (κ3) is 3.61. The van der Waals surface area contributed by atoms with Crippen molar-refractivity contribution >= 4 is 22.8 Å². The molecule has 1 unspecified atom stereocenters. The number of rotatable bonds is 4. The topological polar surface area (TPSA) is 117 Å². The second-order valence-corrected chi connectivity index (χ2v) is 7.73. The maximum absolute atomic E-state index is 13.3. The van der Waals surface area contributed by atoms with Crippen molar-refractivity contribution in [3.63, 3.8) is 0 Å². The van der Waals surface area contributed by atoms with E-state index in [1.807, 2.05) is 47.4 Å². The molecule has 32 heavy (non-hydrogen) atoms. The molecule has 1 aliphatic rings. The summed E-state index contributed by atoms with van der Waals surface area (Å²) >= 11 is 0. The predicted molar refractivity (Wildman–Crippen MR) is 121 cm³/mol. The molecule has 8 heteroatoms. The number of carbonyl (C=O) groups is 2. The summed E-state index contributed by atoms with van der Waals surface area (Å²) in [5.41, 5.74) is 9.60. The normalized spacial score (nSPS) is 16.2. The number of nitrogens with zero attached hydrogens (tertiary/aromatic N) is 3. The second-order valence-electron chi connectivity index (χ2n) is 7.73. The molecule has 0 bridgehead atoms. The van der Waals surface area contributed by atoms with Crippen molar-refractivity contribution in [3.05, 3.63) is 83.7 Å². The number of nitrogens with one attached hydrogen (secondary N) is 2. The van der Waals surface area contributed by atoms with Crippen molar-refractivity contribution in [2.45, 2.75) is 6.04 Å². The lowest BCUT2D eigenvalue weighted by Gasteiger charge is -2.36. The van der Waals surface area contributed by atoms with Crippen molar-refractivity contribution in [2.24, 2.45) is 5.73 Å². The molecule has 0 aliphatic carbocycles. The van der Waals surface area contributed by atoms with E-state index in [1.165, 1.54) is 0 Å². The summed E-state index contributed by atoms with van der Waals surface area (Å²) in [6, 6.07) is 16.5. The molecule has 0 saturated carbocycles. The number of aromatic amines is 1. The first-order chi connectivity index (χ1) is 15.6. The Morgan fingerprint density at radius 1 is 1.03 bits per heavy atom. The number of carbonyl (C=O) groups excluding carboxylic acids is 2. The molecule has 160 valence electrons. The highest BCUT2D eigenvalue weighted by atomic mass is 16.2. The number of imidazole rings is 1. The number of benzene rings is 2. The van der Waals surface area contributed by atoms with Gasteiger partial charge in [-0.25, -0.2) is 4.98 Å². The molecule has 2 aromatic carbocycles. The van der Waals surface area contributed by atoms with Crippen LogP contribution in [0, 0.1) is 0 Å². The van der Waals surface area contributed by atoms with Gasteiger partial charge in [0.25, 0.3) is 11.8 Å². The lowest BCUT2D eigenvalue weighted by molar-refractivity contribution is 0.0634. The van der Waals surface area contributed by atoms with Crippen molar-refractivity contribution in [2.75, 3.05) is 19.6 Å². The quantitative estimate of drug-likeness (QED) is 0.464. The first-order valence-electron chi connectivity index (χ1n) is 10.4. The summed E-state index contributed by atoms with van der Waals surface area (Å²) in [5.74, 6) is 0.0828. The van der Waals surface area contributed by atoms with Crippen LogP contribution >= 0.6 is 0 Å². The molecule has 1 saturated heterocycles. The SMILES string of the molecule is NC(=O)c1cccc2[nH]c(-c3ccc(C(=O)N4CCNCC4c4ccncc4)cc3)nc12. The summed E-state index contributed by atoms with van der Waals surface area (Å²) in [5, 5.41) is 3.37. The third-order valence-corrected chi connectivity index (χ3v) is 5.78. The van der Waals surface area contributed by atoms with Crippen LogP contribution in [0.3, 0.4) is 0 Å². The maximum Gasteiger partial charge on any atom is 0.254 e. The number of hydrogen-bond donors (Lipinski definition) is 3. The van der Waals surface area contributed by atoms with Crippen LogP contribution in [0.5, 0.6) is 0 Å². The van der Waals surface area contributed by atoms with E-state index in [1.54, 1.807) is 24.5 Å². The standard InChI is InChI=1S/C24H22N6O2/c25-22(31)18-2-1-3-19-21(18)29-23(28-19)16-4-6-17(7-5-16)24(32)30-13-12-27-14-20(30)15-8-10-26-11-9-15/h1-11,20,27H,12-14H2,(H2,25,31)(H,28,29). The summed E-state index contributed by atoms with van der Waals surface area (Å²) < 4.78 is 0. The molecule has 2 amide bonds. The zero-order valence-corrected chi connectivity index (χ0v) is 17.3. The van der Waals surface area contributed by atoms with Gasteiger partial charge in [-0.05, 0) is 42.0 Å². The van der Waals surface area contributed by atoms with Crippen LogP contribution in [0.1, 0.15) is 32.3 Å². The van der Waals surface area contributed by atoms with Gasteiger partial charge in [-0.2, -0.15) is 0 Å². The number of nitrogens with two attached hydrogens (primary N) is 1. The van der Waals surface area contributed by atoms with Gasteiger partial charge in [-0.3, -0.25) is 14.6 Å². The van der Waals surface area contributed by atoms with E-state index >= 15 is 0 Å². The van der Waals surface area contributed by atoms with Gasteiger partial charge in [0.05, 0.1) is 17.1 Å². The van der Waals surface area contributed by atoms with Crippen LogP contribution < -0.4 is 11.1 Å². The van der Waals surface area contributed by atoms with Crippen molar-refractivity contribution in [1.29, 1.82) is 0 Å². The summed E-state index contributed by atoms with van der Waals surface area (Å²) in [7, 11) is 0. The molecule has 2 aromatic heterocycles. The number of H-pyrrole nitrogens is 1. The molecule has 0 spiro atoms. The molecule has 3 heterocycles. The number of para-hydroxylation sites is 1. The highest BCUT2D eigenvalue weighted by Gasteiger charge is 2.28. The molecule has 0 radical (unpaired) electrons. The van der Waals surface area contributed by atoms with E-state index in [4.69, 9.17) is 5.73 Å². The van der Waals surface area contributed by atoms with Crippen molar-refractivity contribution in [3.8, 4) is 11.4 Å². The number of hydrogen-bond acceptors (Lipinski definition) is 5. The van der Waals surface area contributed by atoms with E-state index in [0.717, 1.165) is 23.2 Å². The number of pyridine rings is 1. The molecule has 1 atom stereocenters. The van der Waals surface area contributed by atoms with Gasteiger partial charge in [0.2, 0.25) is 0 Å². The minimum atomic E-state index is -0.519. The number of fused-ring (bicyclic) bond motifs is 1. The van der Waals surface area contributed by atoms with Gasteiger partial charge in [0.15, 0.2) is 0 Å². The lowest BCUT2D eigenvalue weighted by atomic mass is 10.0. The second kappa shape index (κ2) is 8.24. The van der Waals surface area contributed by atoms with Crippen LogP contribution in [0.4, 0.5) is 0 Å². The first kappa shape index (κ1) is 19.9. The van der Waals surface area contributed by atoms with Gasteiger partial charge in [-0.1, -0.05) is 18.2 Å². The van der Waals surface area contributed by atoms with E-state index in [-0.39, 0.29) is 11.9 Å². The fourth-order valence-corrected chi connectivity index (χ4v) is 4.13. The fraction of sp³-hybridized carbons (Fsp3) is 0.167. The average molecular weight is 426 g/mol. The van der Waals surface area contributed by atoms with Gasteiger partial charge >= 0.3 is 0 Å². The lowest BCUT2D eigenvalue weighted by Crippen LogP contribution is -2.48. The minimum Gasteiger partial charge on any atom is -0.366 e.